The number of aliphatic hydroxyl groups is 1. The number of ether oxygens (including phenoxy) is 1. The minimum absolute atomic E-state index is 0.0555. The largest absolute Gasteiger partial charge is 0.506 e. The molecule has 1 atom stereocenters. The number of phenolic OH excluding ortho intramolecular Hbond substituents is 1. The molecule has 106 valence electrons. The van der Waals surface area contributed by atoms with Crippen LogP contribution in [0.15, 0.2) is 30.3 Å². The number of hydrogen-bond acceptors (Lipinski definition) is 4. The molecule has 2 aromatic carbocycles. The minimum Gasteiger partial charge on any atom is -0.506 e. The Labute approximate surface area is 117 Å². The average Bonchev–Trinajstić information content (AvgIpc) is 2.46. The summed E-state index contributed by atoms with van der Waals surface area (Å²) in [6.45, 7) is 3.73. The predicted octanol–water partition coefficient (Wildman–Crippen LogP) is 3.17. The van der Waals surface area contributed by atoms with Gasteiger partial charge >= 0.3 is 5.97 Å². The molecule has 0 aliphatic carbocycles. The molecule has 20 heavy (non-hydrogen) atoms. The van der Waals surface area contributed by atoms with Gasteiger partial charge in [-0.25, -0.2) is 4.79 Å². The second-order valence-corrected chi connectivity index (χ2v) is 4.56. The van der Waals surface area contributed by atoms with Crippen molar-refractivity contribution in [1.82, 2.24) is 0 Å². The van der Waals surface area contributed by atoms with Crippen LogP contribution in [0.25, 0.3) is 10.8 Å². The zero-order chi connectivity index (χ0) is 14.7. The van der Waals surface area contributed by atoms with E-state index in [0.717, 1.165) is 5.39 Å². The molecule has 0 saturated carbocycles. The van der Waals surface area contributed by atoms with Gasteiger partial charge in [0.15, 0.2) is 0 Å². The first kappa shape index (κ1) is 14.3. The monoisotopic (exact) mass is 274 g/mol. The molecule has 0 amide bonds. The molecule has 0 radical (unpaired) electrons. The van der Waals surface area contributed by atoms with Crippen LogP contribution < -0.4 is 0 Å². The highest BCUT2D eigenvalue weighted by Crippen LogP contribution is 2.35. The number of aliphatic hydroxyl groups excluding tert-OH is 1. The first-order valence-corrected chi connectivity index (χ1v) is 6.69. The van der Waals surface area contributed by atoms with Gasteiger partial charge in [0, 0.05) is 5.39 Å². The highest BCUT2D eigenvalue weighted by Gasteiger charge is 2.23. The smallest absolute Gasteiger partial charge is 0.342 e. The number of carbonyl (C=O) groups is 1. The quantitative estimate of drug-likeness (QED) is 0.840. The van der Waals surface area contributed by atoms with Crippen molar-refractivity contribution < 1.29 is 19.7 Å². The fourth-order valence-electron chi connectivity index (χ4n) is 2.25. The van der Waals surface area contributed by atoms with E-state index < -0.39 is 12.1 Å². The second kappa shape index (κ2) is 5.92. The highest BCUT2D eigenvalue weighted by atomic mass is 16.5. The zero-order valence-electron chi connectivity index (χ0n) is 11.6. The summed E-state index contributed by atoms with van der Waals surface area (Å²) in [6, 6.07) is 8.92. The van der Waals surface area contributed by atoms with Crippen LogP contribution in [0.1, 0.15) is 42.3 Å². The lowest BCUT2D eigenvalue weighted by atomic mass is 9.95. The van der Waals surface area contributed by atoms with Crippen molar-refractivity contribution in [2.75, 3.05) is 6.61 Å². The number of aromatic hydroxyl groups is 1. The minimum atomic E-state index is -0.815. The van der Waals surface area contributed by atoms with Gasteiger partial charge in [-0.1, -0.05) is 31.2 Å². The Balaban J connectivity index is 2.73. The first-order valence-electron chi connectivity index (χ1n) is 6.69. The normalized spacial score (nSPS) is 12.3. The maximum absolute atomic E-state index is 12.1. The predicted molar refractivity (Wildman–Crippen MR) is 76.8 cm³/mol. The Morgan fingerprint density at radius 2 is 2.00 bits per heavy atom. The van der Waals surface area contributed by atoms with E-state index in [9.17, 15) is 15.0 Å². The van der Waals surface area contributed by atoms with Gasteiger partial charge in [0.2, 0.25) is 0 Å². The van der Waals surface area contributed by atoms with Crippen LogP contribution in [-0.4, -0.2) is 22.8 Å². The third-order valence-electron chi connectivity index (χ3n) is 3.28. The number of carbonyl (C=O) groups excluding carboxylic acids is 1. The summed E-state index contributed by atoms with van der Waals surface area (Å²) in [5.74, 6) is -0.748. The summed E-state index contributed by atoms with van der Waals surface area (Å²) in [4.78, 5) is 12.1. The van der Waals surface area contributed by atoms with Gasteiger partial charge in [-0.2, -0.15) is 0 Å². The molecule has 0 fully saturated rings. The molecular formula is C16H18O4. The zero-order valence-corrected chi connectivity index (χ0v) is 11.6. The molecule has 0 aromatic heterocycles. The molecule has 2 N–H and O–H groups in total. The molecule has 2 aromatic rings. The summed E-state index contributed by atoms with van der Waals surface area (Å²) in [5, 5.41) is 21.8. The molecule has 0 heterocycles. The van der Waals surface area contributed by atoms with E-state index >= 15 is 0 Å². The van der Waals surface area contributed by atoms with Crippen LogP contribution in [-0.2, 0) is 4.74 Å². The molecule has 0 bridgehead atoms. The third kappa shape index (κ3) is 2.47. The number of esters is 1. The van der Waals surface area contributed by atoms with E-state index in [4.69, 9.17) is 4.74 Å². The molecule has 2 rings (SSSR count). The molecule has 0 saturated heterocycles. The van der Waals surface area contributed by atoms with Crippen LogP contribution in [0.4, 0.5) is 0 Å². The van der Waals surface area contributed by atoms with Crippen LogP contribution in [0.5, 0.6) is 5.75 Å². The molecule has 0 spiro atoms. The van der Waals surface area contributed by atoms with Crippen LogP contribution in [0, 0.1) is 0 Å². The van der Waals surface area contributed by atoms with E-state index in [-0.39, 0.29) is 17.9 Å². The van der Waals surface area contributed by atoms with Crippen molar-refractivity contribution in [2.45, 2.75) is 26.4 Å². The van der Waals surface area contributed by atoms with Gasteiger partial charge in [-0.05, 0) is 30.4 Å². The molecule has 0 aliphatic rings. The van der Waals surface area contributed by atoms with Crippen LogP contribution >= 0.6 is 0 Å². The lowest BCUT2D eigenvalue weighted by Crippen LogP contribution is -2.11. The van der Waals surface area contributed by atoms with Crippen molar-refractivity contribution >= 4 is 16.7 Å². The van der Waals surface area contributed by atoms with E-state index in [0.29, 0.717) is 17.4 Å². The van der Waals surface area contributed by atoms with Crippen molar-refractivity contribution in [3.05, 3.63) is 41.5 Å². The van der Waals surface area contributed by atoms with Gasteiger partial charge in [-0.15, -0.1) is 0 Å². The Hall–Kier alpha value is -2.07. The molecular weight excluding hydrogens is 256 g/mol. The summed E-state index contributed by atoms with van der Waals surface area (Å²) in [6.07, 6.45) is -0.366. The van der Waals surface area contributed by atoms with Gasteiger partial charge in [0.05, 0.1) is 12.7 Å². The lowest BCUT2D eigenvalue weighted by molar-refractivity contribution is 0.0515. The molecule has 1 unspecified atom stereocenters. The van der Waals surface area contributed by atoms with Crippen molar-refractivity contribution in [2.24, 2.45) is 0 Å². The Morgan fingerprint density at radius 3 is 2.65 bits per heavy atom. The SMILES string of the molecule is CCOC(=O)c1c(C(O)CC)cc2ccccc2c1O. The number of hydrogen-bond donors (Lipinski definition) is 2. The fourth-order valence-corrected chi connectivity index (χ4v) is 2.25. The summed E-state index contributed by atoms with van der Waals surface area (Å²) in [5.41, 5.74) is 0.460. The van der Waals surface area contributed by atoms with Crippen molar-refractivity contribution in [3.8, 4) is 5.75 Å². The Bertz CT molecular complexity index is 634. The highest BCUT2D eigenvalue weighted by molar-refractivity contribution is 6.02. The topological polar surface area (TPSA) is 66.8 Å². The number of fused-ring (bicyclic) bond motifs is 1. The first-order chi connectivity index (χ1) is 9.60. The number of rotatable bonds is 4. The van der Waals surface area contributed by atoms with E-state index in [2.05, 4.69) is 0 Å². The van der Waals surface area contributed by atoms with E-state index in [1.807, 2.05) is 19.1 Å². The average molecular weight is 274 g/mol. The number of benzene rings is 2. The van der Waals surface area contributed by atoms with Crippen LogP contribution in [0.2, 0.25) is 0 Å². The third-order valence-corrected chi connectivity index (χ3v) is 3.28. The van der Waals surface area contributed by atoms with E-state index in [1.54, 1.807) is 25.1 Å². The maximum Gasteiger partial charge on any atom is 0.342 e. The van der Waals surface area contributed by atoms with Gasteiger partial charge in [-0.3, -0.25) is 0 Å². The Morgan fingerprint density at radius 1 is 1.30 bits per heavy atom. The molecule has 0 aliphatic heterocycles. The molecule has 4 nitrogen and oxygen atoms in total. The van der Waals surface area contributed by atoms with Crippen molar-refractivity contribution in [3.63, 3.8) is 0 Å². The number of phenols is 1. The molecule has 4 heteroatoms. The van der Waals surface area contributed by atoms with Crippen LogP contribution in [0.3, 0.4) is 0 Å². The summed E-state index contributed by atoms with van der Waals surface area (Å²) in [7, 11) is 0. The van der Waals surface area contributed by atoms with E-state index in [1.165, 1.54) is 0 Å². The van der Waals surface area contributed by atoms with Crippen molar-refractivity contribution in [1.29, 1.82) is 0 Å². The summed E-state index contributed by atoms with van der Waals surface area (Å²) < 4.78 is 4.98. The summed E-state index contributed by atoms with van der Waals surface area (Å²) >= 11 is 0. The van der Waals surface area contributed by atoms with Gasteiger partial charge in [0.25, 0.3) is 0 Å². The fraction of sp³-hybridized carbons (Fsp3) is 0.312. The second-order valence-electron chi connectivity index (χ2n) is 4.56. The lowest BCUT2D eigenvalue weighted by Gasteiger charge is -2.16. The van der Waals surface area contributed by atoms with Gasteiger partial charge in [0.1, 0.15) is 11.3 Å². The Kier molecular flexibility index (Phi) is 4.25. The van der Waals surface area contributed by atoms with Gasteiger partial charge < -0.3 is 14.9 Å². The standard InChI is InChI=1S/C16H18O4/c1-3-13(17)12-9-10-7-5-6-8-11(10)15(18)14(12)16(19)20-4-2/h5-9,13,17-18H,3-4H2,1-2H3. The maximum atomic E-state index is 12.1.